The van der Waals surface area contributed by atoms with Gasteiger partial charge in [-0.3, -0.25) is 4.79 Å². The molecule has 0 radical (unpaired) electrons. The van der Waals surface area contributed by atoms with Crippen LogP contribution in [0.15, 0.2) is 18.2 Å². The molecule has 14 heavy (non-hydrogen) atoms. The van der Waals surface area contributed by atoms with Gasteiger partial charge >= 0.3 is 5.97 Å². The molecular weight excluding hydrogens is 192 g/mol. The van der Waals surface area contributed by atoms with Crippen molar-refractivity contribution in [2.75, 3.05) is 11.9 Å². The molecule has 0 spiro atoms. The predicted octanol–water partition coefficient (Wildman–Crippen LogP) is 1.85. The largest absolute Gasteiger partial charge is 0.481 e. The Morgan fingerprint density at radius 2 is 2.07 bits per heavy atom. The van der Waals surface area contributed by atoms with Crippen LogP contribution in [0.1, 0.15) is 6.42 Å². The fourth-order valence-corrected chi connectivity index (χ4v) is 0.920. The van der Waals surface area contributed by atoms with Gasteiger partial charge in [0.15, 0.2) is 11.6 Å². The summed E-state index contributed by atoms with van der Waals surface area (Å²) in [4.78, 5) is 10.1. The normalized spacial score (nSPS) is 9.86. The van der Waals surface area contributed by atoms with E-state index in [-0.39, 0.29) is 13.0 Å². The van der Waals surface area contributed by atoms with Crippen molar-refractivity contribution in [3.63, 3.8) is 0 Å². The van der Waals surface area contributed by atoms with E-state index < -0.39 is 17.6 Å². The molecule has 1 aromatic carbocycles. The number of hydrogen-bond acceptors (Lipinski definition) is 2. The zero-order valence-corrected chi connectivity index (χ0v) is 7.26. The number of carboxylic acid groups (broad SMARTS) is 1. The zero-order valence-electron chi connectivity index (χ0n) is 7.26. The molecule has 0 saturated carbocycles. The molecule has 0 atom stereocenters. The number of halogens is 2. The summed E-state index contributed by atoms with van der Waals surface area (Å²) in [6, 6.07) is 3.32. The van der Waals surface area contributed by atoms with Crippen LogP contribution < -0.4 is 5.32 Å². The minimum atomic E-state index is -0.953. The Morgan fingerprint density at radius 1 is 1.36 bits per heavy atom. The van der Waals surface area contributed by atoms with Crippen molar-refractivity contribution in [1.29, 1.82) is 0 Å². The molecule has 0 fully saturated rings. The number of nitrogens with one attached hydrogen (secondary N) is 1. The first-order valence-corrected chi connectivity index (χ1v) is 4.00. The van der Waals surface area contributed by atoms with Gasteiger partial charge in [-0.05, 0) is 18.2 Å². The third-order valence-electron chi connectivity index (χ3n) is 1.59. The van der Waals surface area contributed by atoms with Crippen LogP contribution >= 0.6 is 0 Å². The Hall–Kier alpha value is -1.65. The molecule has 0 aromatic heterocycles. The number of hydrogen-bond donors (Lipinski definition) is 2. The quantitative estimate of drug-likeness (QED) is 0.781. The van der Waals surface area contributed by atoms with Gasteiger partial charge in [-0.25, -0.2) is 8.78 Å². The van der Waals surface area contributed by atoms with E-state index in [0.29, 0.717) is 5.69 Å². The topological polar surface area (TPSA) is 49.3 Å². The lowest BCUT2D eigenvalue weighted by atomic mass is 10.3. The van der Waals surface area contributed by atoms with Gasteiger partial charge < -0.3 is 10.4 Å². The molecule has 2 N–H and O–H groups in total. The molecule has 0 unspecified atom stereocenters. The minimum absolute atomic E-state index is 0.0704. The Balaban J connectivity index is 2.51. The third kappa shape index (κ3) is 3.01. The number of carbonyl (C=O) groups is 1. The van der Waals surface area contributed by atoms with Crippen molar-refractivity contribution in [3.05, 3.63) is 29.8 Å². The van der Waals surface area contributed by atoms with Gasteiger partial charge in [-0.15, -0.1) is 0 Å². The van der Waals surface area contributed by atoms with Crippen LogP contribution in [0.5, 0.6) is 0 Å². The minimum Gasteiger partial charge on any atom is -0.481 e. The van der Waals surface area contributed by atoms with E-state index in [1.54, 1.807) is 0 Å². The van der Waals surface area contributed by atoms with E-state index in [1.807, 2.05) is 0 Å². The molecule has 1 aromatic rings. The molecule has 0 bridgehead atoms. The number of rotatable bonds is 4. The monoisotopic (exact) mass is 201 g/mol. The molecule has 3 nitrogen and oxygen atoms in total. The van der Waals surface area contributed by atoms with E-state index >= 15 is 0 Å². The van der Waals surface area contributed by atoms with Crippen molar-refractivity contribution in [2.45, 2.75) is 6.42 Å². The van der Waals surface area contributed by atoms with Gasteiger partial charge in [0.25, 0.3) is 0 Å². The van der Waals surface area contributed by atoms with Crippen LogP contribution in [-0.2, 0) is 4.79 Å². The second-order valence-corrected chi connectivity index (χ2v) is 2.70. The van der Waals surface area contributed by atoms with E-state index in [0.717, 1.165) is 12.1 Å². The molecular formula is C9H9F2NO2. The van der Waals surface area contributed by atoms with Gasteiger partial charge in [0.2, 0.25) is 0 Å². The molecule has 0 aliphatic heterocycles. The van der Waals surface area contributed by atoms with Crippen molar-refractivity contribution in [2.24, 2.45) is 0 Å². The maximum atomic E-state index is 12.6. The van der Waals surface area contributed by atoms with Gasteiger partial charge in [-0.1, -0.05) is 0 Å². The van der Waals surface area contributed by atoms with Crippen LogP contribution in [0, 0.1) is 11.6 Å². The molecule has 76 valence electrons. The maximum absolute atomic E-state index is 12.6. The average molecular weight is 201 g/mol. The molecule has 5 heteroatoms. The summed E-state index contributed by atoms with van der Waals surface area (Å²) in [7, 11) is 0. The number of aliphatic carboxylic acids is 1. The van der Waals surface area contributed by atoms with Gasteiger partial charge in [0.05, 0.1) is 6.42 Å². The summed E-state index contributed by atoms with van der Waals surface area (Å²) in [5.41, 5.74) is 0.366. The molecule has 0 amide bonds. The van der Waals surface area contributed by atoms with Crippen molar-refractivity contribution in [3.8, 4) is 0 Å². The second-order valence-electron chi connectivity index (χ2n) is 2.70. The van der Waals surface area contributed by atoms with Crippen LogP contribution in [-0.4, -0.2) is 17.6 Å². The fraction of sp³-hybridized carbons (Fsp3) is 0.222. The smallest absolute Gasteiger partial charge is 0.305 e. The predicted molar refractivity (Wildman–Crippen MR) is 47.1 cm³/mol. The van der Waals surface area contributed by atoms with E-state index in [2.05, 4.69) is 5.32 Å². The summed E-state index contributed by atoms with van der Waals surface area (Å²) in [5.74, 6) is -2.82. The molecule has 0 heterocycles. The van der Waals surface area contributed by atoms with Gasteiger partial charge in [-0.2, -0.15) is 0 Å². The number of benzene rings is 1. The van der Waals surface area contributed by atoms with Crippen LogP contribution in [0.4, 0.5) is 14.5 Å². The summed E-state index contributed by atoms with van der Waals surface area (Å²) in [5, 5.41) is 11.0. The van der Waals surface area contributed by atoms with Gasteiger partial charge in [0, 0.05) is 12.2 Å². The highest BCUT2D eigenvalue weighted by atomic mass is 19.2. The first kappa shape index (κ1) is 10.4. The Bertz CT molecular complexity index is 342. The highest BCUT2D eigenvalue weighted by Gasteiger charge is 2.02. The molecule has 0 aliphatic carbocycles. The van der Waals surface area contributed by atoms with E-state index in [1.165, 1.54) is 6.07 Å². The number of carboxylic acids is 1. The average Bonchev–Trinajstić information content (AvgIpc) is 2.10. The van der Waals surface area contributed by atoms with Gasteiger partial charge in [0.1, 0.15) is 0 Å². The first-order chi connectivity index (χ1) is 6.59. The molecule has 1 rings (SSSR count). The van der Waals surface area contributed by atoms with E-state index in [4.69, 9.17) is 5.11 Å². The summed E-state index contributed by atoms with van der Waals surface area (Å²) >= 11 is 0. The summed E-state index contributed by atoms with van der Waals surface area (Å²) in [6.07, 6.45) is -0.0704. The lowest BCUT2D eigenvalue weighted by molar-refractivity contribution is -0.136. The van der Waals surface area contributed by atoms with Crippen LogP contribution in [0.3, 0.4) is 0 Å². The van der Waals surface area contributed by atoms with Crippen LogP contribution in [0.2, 0.25) is 0 Å². The standard InChI is InChI=1S/C9H9F2NO2/c10-7-2-1-6(5-8(7)11)12-4-3-9(13)14/h1-2,5,12H,3-4H2,(H,13,14). The summed E-state index contributed by atoms with van der Waals surface area (Å²) in [6.45, 7) is 0.181. The molecule has 0 saturated heterocycles. The number of anilines is 1. The lowest BCUT2D eigenvalue weighted by Crippen LogP contribution is -2.07. The van der Waals surface area contributed by atoms with Crippen molar-refractivity contribution < 1.29 is 18.7 Å². The molecule has 0 aliphatic rings. The zero-order chi connectivity index (χ0) is 10.6. The highest BCUT2D eigenvalue weighted by molar-refractivity contribution is 5.67. The Morgan fingerprint density at radius 3 is 2.64 bits per heavy atom. The van der Waals surface area contributed by atoms with Crippen molar-refractivity contribution >= 4 is 11.7 Å². The first-order valence-electron chi connectivity index (χ1n) is 4.00. The highest BCUT2D eigenvalue weighted by Crippen LogP contribution is 2.12. The third-order valence-corrected chi connectivity index (χ3v) is 1.59. The Labute approximate surface area is 79.4 Å². The fourth-order valence-electron chi connectivity index (χ4n) is 0.920. The SMILES string of the molecule is O=C(O)CCNc1ccc(F)c(F)c1. The van der Waals surface area contributed by atoms with Crippen LogP contribution in [0.25, 0.3) is 0 Å². The lowest BCUT2D eigenvalue weighted by Gasteiger charge is -2.04. The summed E-state index contributed by atoms with van der Waals surface area (Å²) < 4.78 is 25.1. The Kier molecular flexibility index (Phi) is 3.39. The maximum Gasteiger partial charge on any atom is 0.305 e. The van der Waals surface area contributed by atoms with E-state index in [9.17, 15) is 13.6 Å². The van der Waals surface area contributed by atoms with Crippen molar-refractivity contribution in [1.82, 2.24) is 0 Å². The second kappa shape index (κ2) is 4.55.